The van der Waals surface area contributed by atoms with Crippen molar-refractivity contribution in [3.05, 3.63) is 20.8 Å². The summed E-state index contributed by atoms with van der Waals surface area (Å²) in [5.74, 6) is 0.849. The molecule has 2 atom stereocenters. The van der Waals surface area contributed by atoms with Gasteiger partial charge in [-0.15, -0.1) is 11.3 Å². The lowest BCUT2D eigenvalue weighted by Gasteiger charge is -2.43. The molecule has 1 saturated carbocycles. The first-order valence-electron chi connectivity index (χ1n) is 6.34. The van der Waals surface area contributed by atoms with Crippen molar-refractivity contribution in [3.63, 3.8) is 0 Å². The van der Waals surface area contributed by atoms with Crippen molar-refractivity contribution in [1.82, 2.24) is 10.2 Å². The molecule has 17 heavy (non-hydrogen) atoms. The van der Waals surface area contributed by atoms with Gasteiger partial charge in [0.05, 0.1) is 3.79 Å². The van der Waals surface area contributed by atoms with Crippen molar-refractivity contribution in [2.75, 3.05) is 20.1 Å². The van der Waals surface area contributed by atoms with Crippen LogP contribution in [0.2, 0.25) is 0 Å². The minimum Gasteiger partial charge on any atom is -0.317 e. The Morgan fingerprint density at radius 3 is 2.88 bits per heavy atom. The molecule has 1 aromatic heterocycles. The van der Waals surface area contributed by atoms with Crippen LogP contribution < -0.4 is 5.32 Å². The van der Waals surface area contributed by atoms with E-state index in [1.165, 1.54) is 28.7 Å². The Kier molecular flexibility index (Phi) is 5.03. The molecule has 0 aliphatic heterocycles. The van der Waals surface area contributed by atoms with Gasteiger partial charge in [0.15, 0.2) is 0 Å². The minimum absolute atomic E-state index is 0.771. The normalized spacial score (nSPS) is 24.0. The highest BCUT2D eigenvalue weighted by atomic mass is 79.9. The molecule has 2 nitrogen and oxygen atoms in total. The van der Waals surface area contributed by atoms with E-state index in [9.17, 15) is 0 Å². The predicted molar refractivity (Wildman–Crippen MR) is 78.5 cm³/mol. The molecule has 0 saturated heterocycles. The van der Waals surface area contributed by atoms with Crippen LogP contribution in [-0.2, 0) is 6.54 Å². The molecular formula is C13H21BrN2S. The smallest absolute Gasteiger partial charge is 0.0701 e. The molecule has 4 heteroatoms. The maximum atomic E-state index is 3.53. The summed E-state index contributed by atoms with van der Waals surface area (Å²) in [5.41, 5.74) is 1.43. The van der Waals surface area contributed by atoms with Crippen molar-refractivity contribution in [3.8, 4) is 0 Å². The lowest BCUT2D eigenvalue weighted by molar-refractivity contribution is 0.0785. The van der Waals surface area contributed by atoms with Gasteiger partial charge in [-0.1, -0.05) is 6.92 Å². The highest BCUT2D eigenvalue weighted by molar-refractivity contribution is 9.11. The number of halogens is 1. The topological polar surface area (TPSA) is 15.3 Å². The van der Waals surface area contributed by atoms with Gasteiger partial charge in [-0.25, -0.2) is 0 Å². The van der Waals surface area contributed by atoms with Crippen LogP contribution in [0.15, 0.2) is 15.2 Å². The van der Waals surface area contributed by atoms with Crippen molar-refractivity contribution in [2.45, 2.75) is 32.4 Å². The molecule has 0 spiro atoms. The zero-order valence-electron chi connectivity index (χ0n) is 10.6. The van der Waals surface area contributed by atoms with Crippen LogP contribution in [0.1, 0.15) is 25.3 Å². The summed E-state index contributed by atoms with van der Waals surface area (Å²) >= 11 is 5.30. The molecule has 1 aliphatic carbocycles. The van der Waals surface area contributed by atoms with Gasteiger partial charge in [0, 0.05) is 12.6 Å². The third kappa shape index (κ3) is 3.53. The van der Waals surface area contributed by atoms with Crippen LogP contribution in [0, 0.1) is 5.92 Å². The van der Waals surface area contributed by atoms with E-state index in [1.54, 1.807) is 11.3 Å². The van der Waals surface area contributed by atoms with E-state index >= 15 is 0 Å². The number of hydrogen-bond acceptors (Lipinski definition) is 3. The zero-order chi connectivity index (χ0) is 12.3. The number of nitrogens with zero attached hydrogens (tertiary/aromatic N) is 1. The standard InChI is InChI=1S/C13H21BrN2S/c1-3-15-7-11-4-5-12(11)16(2)8-10-6-13(14)17-9-10/h6,9,11-12,15H,3-5,7-8H2,1-2H3. The van der Waals surface area contributed by atoms with Gasteiger partial charge in [0.25, 0.3) is 0 Å². The molecule has 1 aromatic rings. The lowest BCUT2D eigenvalue weighted by Crippen LogP contribution is -2.48. The van der Waals surface area contributed by atoms with Crippen LogP contribution in [0.5, 0.6) is 0 Å². The summed E-state index contributed by atoms with van der Waals surface area (Å²) in [5, 5.41) is 5.72. The summed E-state index contributed by atoms with van der Waals surface area (Å²) in [7, 11) is 2.26. The first-order valence-corrected chi connectivity index (χ1v) is 8.01. The highest BCUT2D eigenvalue weighted by Gasteiger charge is 2.33. The quantitative estimate of drug-likeness (QED) is 0.866. The van der Waals surface area contributed by atoms with E-state index < -0.39 is 0 Å². The number of thiophene rings is 1. The lowest BCUT2D eigenvalue weighted by atomic mass is 9.78. The summed E-state index contributed by atoms with van der Waals surface area (Å²) < 4.78 is 1.23. The largest absolute Gasteiger partial charge is 0.317 e. The molecule has 1 aliphatic rings. The zero-order valence-corrected chi connectivity index (χ0v) is 13.0. The first kappa shape index (κ1) is 13.5. The Morgan fingerprint density at radius 1 is 1.53 bits per heavy atom. The van der Waals surface area contributed by atoms with E-state index in [-0.39, 0.29) is 0 Å². The number of nitrogens with one attached hydrogen (secondary N) is 1. The summed E-state index contributed by atoms with van der Waals surface area (Å²) in [6, 6.07) is 3.01. The molecule has 1 N–H and O–H groups in total. The second kappa shape index (κ2) is 6.32. The van der Waals surface area contributed by atoms with Crippen molar-refractivity contribution in [2.24, 2.45) is 5.92 Å². The van der Waals surface area contributed by atoms with Gasteiger partial charge in [-0.3, -0.25) is 4.90 Å². The maximum Gasteiger partial charge on any atom is 0.0701 e. The minimum atomic E-state index is 0.771. The average Bonchev–Trinajstić information content (AvgIpc) is 2.62. The van der Waals surface area contributed by atoms with E-state index in [0.717, 1.165) is 25.0 Å². The van der Waals surface area contributed by atoms with Crippen molar-refractivity contribution >= 4 is 27.3 Å². The second-order valence-electron chi connectivity index (χ2n) is 4.89. The Balaban J connectivity index is 1.81. The molecule has 0 radical (unpaired) electrons. The van der Waals surface area contributed by atoms with Gasteiger partial charge in [0.2, 0.25) is 0 Å². The monoisotopic (exact) mass is 316 g/mol. The Morgan fingerprint density at radius 2 is 2.35 bits per heavy atom. The molecule has 2 rings (SSSR count). The SMILES string of the molecule is CCNCC1CCC1N(C)Cc1csc(Br)c1. The number of hydrogen-bond donors (Lipinski definition) is 1. The van der Waals surface area contributed by atoms with Crippen LogP contribution in [0.4, 0.5) is 0 Å². The fourth-order valence-electron chi connectivity index (χ4n) is 2.53. The van der Waals surface area contributed by atoms with E-state index in [1.807, 2.05) is 0 Å². The second-order valence-corrected chi connectivity index (χ2v) is 7.18. The first-order chi connectivity index (χ1) is 8.20. The fourth-order valence-corrected chi connectivity index (χ4v) is 3.73. The molecule has 0 bridgehead atoms. The summed E-state index contributed by atoms with van der Waals surface area (Å²) in [4.78, 5) is 2.51. The Labute approximate surface area is 117 Å². The van der Waals surface area contributed by atoms with Crippen molar-refractivity contribution < 1.29 is 0 Å². The molecule has 0 aromatic carbocycles. The van der Waals surface area contributed by atoms with Crippen molar-refractivity contribution in [1.29, 1.82) is 0 Å². The van der Waals surface area contributed by atoms with Crippen LogP contribution in [0.25, 0.3) is 0 Å². The van der Waals surface area contributed by atoms with E-state index in [2.05, 4.69) is 51.6 Å². The van der Waals surface area contributed by atoms with E-state index in [0.29, 0.717) is 0 Å². The Bertz CT molecular complexity index is 353. The van der Waals surface area contributed by atoms with Gasteiger partial charge < -0.3 is 5.32 Å². The van der Waals surface area contributed by atoms with Crippen LogP contribution >= 0.6 is 27.3 Å². The van der Waals surface area contributed by atoms with Gasteiger partial charge >= 0.3 is 0 Å². The van der Waals surface area contributed by atoms with Crippen LogP contribution in [0.3, 0.4) is 0 Å². The van der Waals surface area contributed by atoms with Gasteiger partial charge in [-0.05, 0) is 71.8 Å². The Hall–Kier alpha value is 0.100. The molecular weight excluding hydrogens is 296 g/mol. The summed E-state index contributed by atoms with van der Waals surface area (Å²) in [6.07, 6.45) is 2.74. The molecule has 0 amide bonds. The molecule has 2 unspecified atom stereocenters. The highest BCUT2D eigenvalue weighted by Crippen LogP contribution is 2.32. The molecule has 1 heterocycles. The fraction of sp³-hybridized carbons (Fsp3) is 0.692. The van der Waals surface area contributed by atoms with Gasteiger partial charge in [-0.2, -0.15) is 0 Å². The van der Waals surface area contributed by atoms with E-state index in [4.69, 9.17) is 0 Å². The maximum absolute atomic E-state index is 3.53. The third-order valence-electron chi connectivity index (χ3n) is 3.65. The average molecular weight is 317 g/mol. The number of rotatable bonds is 6. The molecule has 96 valence electrons. The van der Waals surface area contributed by atoms with Gasteiger partial charge in [0.1, 0.15) is 0 Å². The molecule has 1 fully saturated rings. The summed E-state index contributed by atoms with van der Waals surface area (Å²) in [6.45, 7) is 5.53. The third-order valence-corrected chi connectivity index (χ3v) is 5.21. The van der Waals surface area contributed by atoms with Crippen LogP contribution in [-0.4, -0.2) is 31.1 Å². The predicted octanol–water partition coefficient (Wildman–Crippen LogP) is 3.33.